The highest BCUT2D eigenvalue weighted by molar-refractivity contribution is 9.11. The number of hydrogen-bond acceptors (Lipinski definition) is 4. The Morgan fingerprint density at radius 1 is 1.24 bits per heavy atom. The molecule has 1 aliphatic heterocycles. The van der Waals surface area contributed by atoms with Crippen LogP contribution in [0.25, 0.3) is 6.08 Å². The van der Waals surface area contributed by atoms with Crippen molar-refractivity contribution in [2.45, 2.75) is 37.7 Å². The lowest BCUT2D eigenvalue weighted by atomic mass is 9.88. The summed E-state index contributed by atoms with van der Waals surface area (Å²) in [6, 6.07) is 3.99. The van der Waals surface area contributed by atoms with Gasteiger partial charge in [-0.3, -0.25) is 0 Å². The van der Waals surface area contributed by atoms with Gasteiger partial charge in [0, 0.05) is 21.8 Å². The van der Waals surface area contributed by atoms with E-state index in [1.807, 2.05) is 12.1 Å². The van der Waals surface area contributed by atoms with Crippen LogP contribution in [0.5, 0.6) is 0 Å². The van der Waals surface area contributed by atoms with Gasteiger partial charge in [0.2, 0.25) is 0 Å². The Morgan fingerprint density at radius 3 is 2.57 bits per heavy atom. The SMILES string of the molecule is Nc1c(Br)cc(Br)cc1C=C1CCC2(CC1)OCC(N)O2. The molecule has 1 aliphatic carbocycles. The van der Waals surface area contributed by atoms with E-state index >= 15 is 0 Å². The van der Waals surface area contributed by atoms with E-state index < -0.39 is 5.79 Å². The second kappa shape index (κ2) is 6.01. The summed E-state index contributed by atoms with van der Waals surface area (Å²) in [4.78, 5) is 0. The van der Waals surface area contributed by atoms with Crippen LogP contribution in [-0.2, 0) is 9.47 Å². The molecule has 2 fully saturated rings. The average molecular weight is 418 g/mol. The number of nitrogens with two attached hydrogens (primary N) is 2. The maximum absolute atomic E-state index is 6.12. The maximum atomic E-state index is 6.12. The minimum absolute atomic E-state index is 0.285. The van der Waals surface area contributed by atoms with Crippen LogP contribution in [-0.4, -0.2) is 18.6 Å². The molecule has 1 aromatic rings. The second-order valence-electron chi connectivity index (χ2n) is 5.57. The van der Waals surface area contributed by atoms with Gasteiger partial charge in [-0.05, 0) is 46.5 Å². The molecule has 114 valence electrons. The number of ether oxygens (including phenoxy) is 2. The van der Waals surface area contributed by atoms with E-state index in [1.165, 1.54) is 5.57 Å². The van der Waals surface area contributed by atoms with Gasteiger partial charge in [-0.15, -0.1) is 0 Å². The second-order valence-corrected chi connectivity index (χ2v) is 7.34. The molecule has 3 rings (SSSR count). The summed E-state index contributed by atoms with van der Waals surface area (Å²) in [5.74, 6) is -0.458. The predicted octanol–water partition coefficient (Wildman–Crippen LogP) is 3.78. The smallest absolute Gasteiger partial charge is 0.171 e. The molecule has 4 nitrogen and oxygen atoms in total. The fourth-order valence-corrected chi connectivity index (χ4v) is 4.14. The topological polar surface area (TPSA) is 70.5 Å². The Balaban J connectivity index is 1.75. The summed E-state index contributed by atoms with van der Waals surface area (Å²) in [5.41, 5.74) is 15.1. The van der Waals surface area contributed by atoms with E-state index in [0.717, 1.165) is 45.9 Å². The van der Waals surface area contributed by atoms with Gasteiger partial charge < -0.3 is 20.9 Å². The maximum Gasteiger partial charge on any atom is 0.171 e. The molecule has 1 saturated heterocycles. The molecule has 1 spiro atoms. The molecule has 0 amide bonds. The van der Waals surface area contributed by atoms with Gasteiger partial charge in [0.15, 0.2) is 5.79 Å². The molecule has 2 aliphatic rings. The van der Waals surface area contributed by atoms with Crippen molar-refractivity contribution in [1.82, 2.24) is 0 Å². The highest BCUT2D eigenvalue weighted by atomic mass is 79.9. The first-order valence-electron chi connectivity index (χ1n) is 6.99. The highest BCUT2D eigenvalue weighted by Gasteiger charge is 2.41. The molecule has 0 aromatic heterocycles. The summed E-state index contributed by atoms with van der Waals surface area (Å²) >= 11 is 6.98. The largest absolute Gasteiger partial charge is 0.397 e. The first-order valence-corrected chi connectivity index (χ1v) is 8.57. The number of nitrogen functional groups attached to an aromatic ring is 1. The Labute approximate surface area is 141 Å². The third kappa shape index (κ3) is 3.35. The Bertz CT molecular complexity index is 579. The monoisotopic (exact) mass is 416 g/mol. The van der Waals surface area contributed by atoms with Crippen LogP contribution in [0.2, 0.25) is 0 Å². The summed E-state index contributed by atoms with van der Waals surface area (Å²) in [5, 5.41) is 0. The average Bonchev–Trinajstić information content (AvgIpc) is 2.79. The molecule has 1 aromatic carbocycles. The van der Waals surface area contributed by atoms with Gasteiger partial charge in [-0.25, -0.2) is 0 Å². The molecule has 1 unspecified atom stereocenters. The zero-order chi connectivity index (χ0) is 15.0. The molecule has 21 heavy (non-hydrogen) atoms. The fourth-order valence-electron chi connectivity index (χ4n) is 2.88. The lowest BCUT2D eigenvalue weighted by molar-refractivity contribution is -0.181. The molecule has 1 atom stereocenters. The number of rotatable bonds is 1. The van der Waals surface area contributed by atoms with Gasteiger partial charge >= 0.3 is 0 Å². The van der Waals surface area contributed by atoms with Crippen LogP contribution in [0.1, 0.15) is 31.2 Å². The molecule has 6 heteroatoms. The summed E-state index contributed by atoms with van der Waals surface area (Å²) in [6.45, 7) is 0.491. The Morgan fingerprint density at radius 2 is 1.95 bits per heavy atom. The molecule has 1 heterocycles. The zero-order valence-corrected chi connectivity index (χ0v) is 14.7. The Kier molecular flexibility index (Phi) is 4.43. The third-order valence-corrected chi connectivity index (χ3v) is 5.13. The van der Waals surface area contributed by atoms with Crippen molar-refractivity contribution in [2.75, 3.05) is 12.3 Å². The first-order chi connectivity index (χ1) is 9.97. The van der Waals surface area contributed by atoms with E-state index in [2.05, 4.69) is 37.9 Å². The van der Waals surface area contributed by atoms with Crippen molar-refractivity contribution in [2.24, 2.45) is 5.73 Å². The van der Waals surface area contributed by atoms with E-state index in [9.17, 15) is 0 Å². The fraction of sp³-hybridized carbons (Fsp3) is 0.467. The van der Waals surface area contributed by atoms with E-state index in [0.29, 0.717) is 6.61 Å². The van der Waals surface area contributed by atoms with Gasteiger partial charge in [-0.2, -0.15) is 0 Å². The van der Waals surface area contributed by atoms with Crippen molar-refractivity contribution in [3.63, 3.8) is 0 Å². The van der Waals surface area contributed by atoms with Crippen LogP contribution < -0.4 is 11.5 Å². The number of halogens is 2. The van der Waals surface area contributed by atoms with Crippen LogP contribution in [0.3, 0.4) is 0 Å². The highest BCUT2D eigenvalue weighted by Crippen LogP contribution is 2.40. The van der Waals surface area contributed by atoms with E-state index in [4.69, 9.17) is 20.9 Å². The molecule has 1 saturated carbocycles. The Hall–Kier alpha value is -0.400. The third-order valence-electron chi connectivity index (χ3n) is 4.02. The van der Waals surface area contributed by atoms with Gasteiger partial charge in [0.25, 0.3) is 0 Å². The zero-order valence-electron chi connectivity index (χ0n) is 11.6. The van der Waals surface area contributed by atoms with Crippen molar-refractivity contribution in [3.05, 3.63) is 32.2 Å². The number of hydrogen-bond donors (Lipinski definition) is 2. The van der Waals surface area contributed by atoms with Crippen LogP contribution in [0.4, 0.5) is 5.69 Å². The molecular weight excluding hydrogens is 400 g/mol. The quantitative estimate of drug-likeness (QED) is 0.682. The van der Waals surface area contributed by atoms with Crippen molar-refractivity contribution in [1.29, 1.82) is 0 Å². The molecule has 0 radical (unpaired) electrons. The molecule has 4 N–H and O–H groups in total. The molecular formula is C15H18Br2N2O2. The van der Waals surface area contributed by atoms with Crippen LogP contribution in [0.15, 0.2) is 26.7 Å². The van der Waals surface area contributed by atoms with Gasteiger partial charge in [0.05, 0.1) is 12.3 Å². The minimum atomic E-state index is -0.458. The number of anilines is 1. The van der Waals surface area contributed by atoms with Crippen molar-refractivity contribution < 1.29 is 9.47 Å². The van der Waals surface area contributed by atoms with E-state index in [-0.39, 0.29) is 6.23 Å². The first kappa shape index (κ1) is 15.5. The molecule has 0 bridgehead atoms. The van der Waals surface area contributed by atoms with Gasteiger partial charge in [-0.1, -0.05) is 27.6 Å². The minimum Gasteiger partial charge on any atom is -0.397 e. The lowest BCUT2D eigenvalue weighted by Crippen LogP contribution is -2.35. The van der Waals surface area contributed by atoms with Crippen LogP contribution in [0, 0.1) is 0 Å². The van der Waals surface area contributed by atoms with Crippen molar-refractivity contribution in [3.8, 4) is 0 Å². The lowest BCUT2D eigenvalue weighted by Gasteiger charge is -2.32. The summed E-state index contributed by atoms with van der Waals surface area (Å²) < 4.78 is 13.4. The number of allylic oxidation sites excluding steroid dienone is 1. The predicted molar refractivity (Wildman–Crippen MR) is 90.4 cm³/mol. The van der Waals surface area contributed by atoms with Crippen LogP contribution >= 0.6 is 31.9 Å². The summed E-state index contributed by atoms with van der Waals surface area (Å²) in [7, 11) is 0. The van der Waals surface area contributed by atoms with Crippen molar-refractivity contribution >= 4 is 43.6 Å². The van der Waals surface area contributed by atoms with E-state index in [1.54, 1.807) is 0 Å². The van der Waals surface area contributed by atoms with Gasteiger partial charge in [0.1, 0.15) is 6.23 Å². The standard InChI is InChI=1S/C15H18Br2N2O2/c16-11-6-10(14(19)12(17)7-11)5-9-1-3-15(4-2-9)20-8-13(18)21-15/h5-7,13H,1-4,8,18-19H2. The summed E-state index contributed by atoms with van der Waals surface area (Å²) in [6.07, 6.45) is 5.47. The normalized spacial score (nSPS) is 29.1. The number of benzene rings is 1.